The van der Waals surface area contributed by atoms with Crippen LogP contribution >= 0.6 is 11.3 Å². The molecule has 2 heterocycles. The molecule has 6 heteroatoms. The van der Waals surface area contributed by atoms with Gasteiger partial charge in [-0.3, -0.25) is 4.90 Å². The first kappa shape index (κ1) is 16.2. The van der Waals surface area contributed by atoms with Crippen LogP contribution in [0.3, 0.4) is 0 Å². The van der Waals surface area contributed by atoms with Crippen LogP contribution in [0.25, 0.3) is 0 Å². The van der Waals surface area contributed by atoms with E-state index >= 15 is 0 Å². The number of thiazole rings is 1. The fourth-order valence-electron chi connectivity index (χ4n) is 2.74. The highest BCUT2D eigenvalue weighted by atomic mass is 32.1. The lowest BCUT2D eigenvalue weighted by molar-refractivity contribution is 0.0663. The van der Waals surface area contributed by atoms with Crippen molar-refractivity contribution in [3.63, 3.8) is 0 Å². The maximum Gasteiger partial charge on any atom is 0.185 e. The molecule has 0 spiro atoms. The SMILES string of the molecule is Cc1cccc(OC[C@H](O)CN2CCN(c3nccs3)CC2)c1. The molecule has 124 valence electrons. The molecule has 1 aliphatic heterocycles. The monoisotopic (exact) mass is 333 g/mol. The highest BCUT2D eigenvalue weighted by Gasteiger charge is 2.20. The third-order valence-corrected chi connectivity index (χ3v) is 4.80. The van der Waals surface area contributed by atoms with Crippen molar-refractivity contribution in [2.75, 3.05) is 44.2 Å². The summed E-state index contributed by atoms with van der Waals surface area (Å²) in [6.45, 7) is 6.82. The number of nitrogens with zero attached hydrogens (tertiary/aromatic N) is 3. The van der Waals surface area contributed by atoms with Crippen LogP contribution in [0.15, 0.2) is 35.8 Å². The lowest BCUT2D eigenvalue weighted by atomic mass is 10.2. The molecule has 2 aromatic rings. The Balaban J connectivity index is 1.40. The molecule has 1 aromatic carbocycles. The zero-order chi connectivity index (χ0) is 16.1. The summed E-state index contributed by atoms with van der Waals surface area (Å²) in [5, 5.41) is 13.3. The van der Waals surface area contributed by atoms with Gasteiger partial charge in [-0.05, 0) is 24.6 Å². The summed E-state index contributed by atoms with van der Waals surface area (Å²) in [4.78, 5) is 8.94. The van der Waals surface area contributed by atoms with E-state index in [0.29, 0.717) is 13.2 Å². The van der Waals surface area contributed by atoms with Crippen molar-refractivity contribution in [1.82, 2.24) is 9.88 Å². The van der Waals surface area contributed by atoms with E-state index in [9.17, 15) is 5.11 Å². The number of aromatic nitrogens is 1. The Hall–Kier alpha value is -1.63. The van der Waals surface area contributed by atoms with Gasteiger partial charge in [0, 0.05) is 44.3 Å². The number of piperazine rings is 1. The van der Waals surface area contributed by atoms with E-state index in [1.807, 2.05) is 42.8 Å². The van der Waals surface area contributed by atoms with Crippen molar-refractivity contribution in [3.8, 4) is 5.75 Å². The Morgan fingerprint density at radius 1 is 1.30 bits per heavy atom. The van der Waals surface area contributed by atoms with Crippen LogP contribution in [-0.4, -0.2) is 60.4 Å². The van der Waals surface area contributed by atoms with E-state index in [1.165, 1.54) is 0 Å². The molecule has 0 aliphatic carbocycles. The van der Waals surface area contributed by atoms with Gasteiger partial charge in [0.05, 0.1) is 0 Å². The molecule has 1 atom stereocenters. The second kappa shape index (κ2) is 7.77. The van der Waals surface area contributed by atoms with E-state index in [1.54, 1.807) is 11.3 Å². The molecule has 1 fully saturated rings. The predicted octanol–water partition coefficient (Wildman–Crippen LogP) is 2.01. The number of hydrogen-bond donors (Lipinski definition) is 1. The number of ether oxygens (including phenoxy) is 1. The summed E-state index contributed by atoms with van der Waals surface area (Å²) < 4.78 is 5.67. The highest BCUT2D eigenvalue weighted by molar-refractivity contribution is 7.13. The third-order valence-electron chi connectivity index (χ3n) is 3.96. The maximum atomic E-state index is 10.2. The van der Waals surface area contributed by atoms with Crippen LogP contribution in [0.4, 0.5) is 5.13 Å². The van der Waals surface area contributed by atoms with Gasteiger partial charge >= 0.3 is 0 Å². The molecule has 1 aromatic heterocycles. The van der Waals surface area contributed by atoms with Gasteiger partial charge in [0.25, 0.3) is 0 Å². The van der Waals surface area contributed by atoms with Crippen LogP contribution in [0.5, 0.6) is 5.75 Å². The predicted molar refractivity (Wildman–Crippen MR) is 93.4 cm³/mol. The molecule has 23 heavy (non-hydrogen) atoms. The van der Waals surface area contributed by atoms with Gasteiger partial charge in [-0.25, -0.2) is 4.98 Å². The molecule has 0 unspecified atom stereocenters. The van der Waals surface area contributed by atoms with Crippen molar-refractivity contribution < 1.29 is 9.84 Å². The zero-order valence-corrected chi connectivity index (χ0v) is 14.2. The van der Waals surface area contributed by atoms with Crippen molar-refractivity contribution in [3.05, 3.63) is 41.4 Å². The van der Waals surface area contributed by atoms with E-state index in [-0.39, 0.29) is 0 Å². The molecule has 0 bridgehead atoms. The Labute approximate surface area is 141 Å². The second-order valence-electron chi connectivity index (χ2n) is 5.88. The molecular weight excluding hydrogens is 310 g/mol. The minimum atomic E-state index is -0.470. The summed E-state index contributed by atoms with van der Waals surface area (Å²) in [6.07, 6.45) is 1.38. The van der Waals surface area contributed by atoms with Gasteiger partial charge < -0.3 is 14.7 Å². The third kappa shape index (κ3) is 4.67. The minimum Gasteiger partial charge on any atom is -0.491 e. The van der Waals surface area contributed by atoms with Crippen LogP contribution in [0, 0.1) is 6.92 Å². The summed E-state index contributed by atoms with van der Waals surface area (Å²) in [7, 11) is 0. The first-order chi connectivity index (χ1) is 11.2. The summed E-state index contributed by atoms with van der Waals surface area (Å²) >= 11 is 1.68. The molecule has 0 amide bonds. The highest BCUT2D eigenvalue weighted by Crippen LogP contribution is 2.19. The van der Waals surface area contributed by atoms with E-state index < -0.39 is 6.10 Å². The van der Waals surface area contributed by atoms with Crippen LogP contribution in [-0.2, 0) is 0 Å². The van der Waals surface area contributed by atoms with Gasteiger partial charge in [0.1, 0.15) is 18.5 Å². The van der Waals surface area contributed by atoms with Crippen molar-refractivity contribution in [1.29, 1.82) is 0 Å². The van der Waals surface area contributed by atoms with Gasteiger partial charge in [-0.2, -0.15) is 0 Å². The number of benzene rings is 1. The van der Waals surface area contributed by atoms with Crippen LogP contribution < -0.4 is 9.64 Å². The Morgan fingerprint density at radius 2 is 2.13 bits per heavy atom. The number of aliphatic hydroxyl groups is 1. The van der Waals surface area contributed by atoms with E-state index in [0.717, 1.165) is 42.6 Å². The van der Waals surface area contributed by atoms with Gasteiger partial charge in [-0.1, -0.05) is 12.1 Å². The number of β-amino-alcohol motifs (C(OH)–C–C–N with tert-alkyl or cyclic N) is 1. The molecule has 0 saturated carbocycles. The normalized spacial score (nSPS) is 17.2. The van der Waals surface area contributed by atoms with Gasteiger partial charge in [0.15, 0.2) is 5.13 Å². The molecule has 5 nitrogen and oxygen atoms in total. The summed E-state index contributed by atoms with van der Waals surface area (Å²) in [6, 6.07) is 7.91. The van der Waals surface area contributed by atoms with Crippen LogP contribution in [0.1, 0.15) is 5.56 Å². The number of rotatable bonds is 6. The number of aliphatic hydroxyl groups excluding tert-OH is 1. The first-order valence-corrected chi connectivity index (χ1v) is 8.83. The lowest BCUT2D eigenvalue weighted by Crippen LogP contribution is -2.49. The van der Waals surface area contributed by atoms with Crippen molar-refractivity contribution in [2.24, 2.45) is 0 Å². The average molecular weight is 333 g/mol. The summed E-state index contributed by atoms with van der Waals surface area (Å²) in [5.41, 5.74) is 1.16. The fourth-order valence-corrected chi connectivity index (χ4v) is 3.44. The Morgan fingerprint density at radius 3 is 2.83 bits per heavy atom. The Kier molecular flexibility index (Phi) is 5.48. The first-order valence-electron chi connectivity index (χ1n) is 7.95. The molecule has 1 N–H and O–H groups in total. The Bertz CT molecular complexity index is 598. The van der Waals surface area contributed by atoms with E-state index in [2.05, 4.69) is 14.8 Å². The molecule has 1 aliphatic rings. The topological polar surface area (TPSA) is 48.8 Å². The lowest BCUT2D eigenvalue weighted by Gasteiger charge is -2.35. The molecular formula is C17H23N3O2S. The maximum absolute atomic E-state index is 10.2. The summed E-state index contributed by atoms with van der Waals surface area (Å²) in [5.74, 6) is 0.817. The molecule has 1 saturated heterocycles. The number of aryl methyl sites for hydroxylation is 1. The van der Waals surface area contributed by atoms with Crippen molar-refractivity contribution in [2.45, 2.75) is 13.0 Å². The smallest absolute Gasteiger partial charge is 0.185 e. The van der Waals surface area contributed by atoms with Gasteiger partial charge in [0.2, 0.25) is 0 Å². The minimum absolute atomic E-state index is 0.330. The van der Waals surface area contributed by atoms with Gasteiger partial charge in [-0.15, -0.1) is 11.3 Å². The fraction of sp³-hybridized carbons (Fsp3) is 0.471. The zero-order valence-electron chi connectivity index (χ0n) is 13.4. The van der Waals surface area contributed by atoms with E-state index in [4.69, 9.17) is 4.74 Å². The second-order valence-corrected chi connectivity index (χ2v) is 6.76. The average Bonchev–Trinajstić information content (AvgIpc) is 3.08. The quantitative estimate of drug-likeness (QED) is 0.876. The standard InChI is InChI=1S/C17H23N3O2S/c1-14-3-2-4-16(11-14)22-13-15(21)12-19-6-8-20(9-7-19)17-18-5-10-23-17/h2-5,10-11,15,21H,6-9,12-13H2,1H3/t15-/m1/s1. The largest absolute Gasteiger partial charge is 0.491 e. The molecule has 0 radical (unpaired) electrons. The molecule has 3 rings (SSSR count). The number of anilines is 1. The number of hydrogen-bond acceptors (Lipinski definition) is 6. The van der Waals surface area contributed by atoms with Crippen LogP contribution in [0.2, 0.25) is 0 Å². The van der Waals surface area contributed by atoms with Crippen molar-refractivity contribution >= 4 is 16.5 Å².